The van der Waals surface area contributed by atoms with Crippen LogP contribution in [0.25, 0.3) is 11.3 Å². The summed E-state index contributed by atoms with van der Waals surface area (Å²) in [4.78, 5) is 16.8. The predicted molar refractivity (Wildman–Crippen MR) is 113 cm³/mol. The Kier molecular flexibility index (Phi) is 5.33. The molecule has 0 saturated carbocycles. The maximum Gasteiger partial charge on any atom is 0.262 e. The van der Waals surface area contributed by atoms with Gasteiger partial charge in [-0.05, 0) is 49.2 Å². The number of carbonyl (C=O) groups excluding carboxylic acids is 1. The maximum atomic E-state index is 12.2. The minimum Gasteiger partial charge on any atom is -0.484 e. The lowest BCUT2D eigenvalue weighted by molar-refractivity contribution is -0.118. The van der Waals surface area contributed by atoms with Crippen LogP contribution in [0.4, 0.5) is 5.69 Å². The van der Waals surface area contributed by atoms with Crippen LogP contribution < -0.4 is 10.1 Å². The number of anilines is 1. The van der Waals surface area contributed by atoms with Gasteiger partial charge in [0.2, 0.25) is 0 Å². The molecule has 1 aromatic heterocycles. The van der Waals surface area contributed by atoms with E-state index in [9.17, 15) is 4.79 Å². The first-order valence-electron chi connectivity index (χ1n) is 8.99. The smallest absolute Gasteiger partial charge is 0.262 e. The lowest BCUT2D eigenvalue weighted by atomic mass is 10.1. The summed E-state index contributed by atoms with van der Waals surface area (Å²) in [6, 6.07) is 11.3. The van der Waals surface area contributed by atoms with Gasteiger partial charge in [-0.2, -0.15) is 0 Å². The maximum absolute atomic E-state index is 12.2. The molecule has 7 heteroatoms. The van der Waals surface area contributed by atoms with E-state index in [0.29, 0.717) is 5.75 Å². The third kappa shape index (κ3) is 4.03. The number of amides is 1. The normalized spacial score (nSPS) is 12.7. The molecule has 1 aliphatic heterocycles. The third-order valence-corrected chi connectivity index (χ3v) is 6.11. The van der Waals surface area contributed by atoms with Gasteiger partial charge in [0.25, 0.3) is 5.91 Å². The zero-order chi connectivity index (χ0) is 19.7. The summed E-state index contributed by atoms with van der Waals surface area (Å²) in [5, 5.41) is 4.64. The number of fused-ring (bicyclic) bond motifs is 1. The lowest BCUT2D eigenvalue weighted by Gasteiger charge is -2.10. The van der Waals surface area contributed by atoms with Crippen molar-refractivity contribution in [1.82, 2.24) is 9.55 Å². The van der Waals surface area contributed by atoms with E-state index in [2.05, 4.69) is 21.1 Å². The number of nitrogens with zero attached hydrogens (tertiary/aromatic N) is 2. The fourth-order valence-electron chi connectivity index (χ4n) is 3.11. The Morgan fingerprint density at radius 3 is 2.64 bits per heavy atom. The second-order valence-corrected chi connectivity index (χ2v) is 8.18. The molecule has 1 aliphatic rings. The van der Waals surface area contributed by atoms with Crippen molar-refractivity contribution in [1.29, 1.82) is 0 Å². The van der Waals surface area contributed by atoms with Gasteiger partial charge in [-0.1, -0.05) is 35.5 Å². The highest BCUT2D eigenvalue weighted by molar-refractivity contribution is 7.99. The summed E-state index contributed by atoms with van der Waals surface area (Å²) in [6.07, 6.45) is 2.08. The molecule has 3 aromatic rings. The molecule has 0 saturated heterocycles. The molecule has 2 heterocycles. The molecular formula is C21H20ClN3O2S. The molecule has 0 aliphatic carbocycles. The van der Waals surface area contributed by atoms with Crippen molar-refractivity contribution in [3.05, 3.63) is 58.7 Å². The number of thioether (sulfide) groups is 1. The zero-order valence-corrected chi connectivity index (χ0v) is 17.2. The highest BCUT2D eigenvalue weighted by Crippen LogP contribution is 2.29. The molecule has 28 heavy (non-hydrogen) atoms. The van der Waals surface area contributed by atoms with E-state index in [4.69, 9.17) is 16.3 Å². The van der Waals surface area contributed by atoms with Gasteiger partial charge >= 0.3 is 0 Å². The number of nitrogens with one attached hydrogen (secondary N) is 1. The lowest BCUT2D eigenvalue weighted by Crippen LogP contribution is -2.20. The van der Waals surface area contributed by atoms with E-state index in [0.717, 1.165) is 50.5 Å². The Balaban J connectivity index is 1.35. The van der Waals surface area contributed by atoms with Gasteiger partial charge in [-0.25, -0.2) is 4.98 Å². The van der Waals surface area contributed by atoms with Crippen LogP contribution in [-0.2, 0) is 11.3 Å². The van der Waals surface area contributed by atoms with E-state index in [1.807, 2.05) is 50.2 Å². The van der Waals surface area contributed by atoms with E-state index >= 15 is 0 Å². The van der Waals surface area contributed by atoms with Gasteiger partial charge in [0.05, 0.1) is 5.69 Å². The van der Waals surface area contributed by atoms with Crippen LogP contribution in [0.3, 0.4) is 0 Å². The van der Waals surface area contributed by atoms with Gasteiger partial charge in [-0.15, -0.1) is 0 Å². The number of aromatic nitrogens is 2. The van der Waals surface area contributed by atoms with Crippen molar-refractivity contribution < 1.29 is 9.53 Å². The average Bonchev–Trinajstić information content (AvgIpc) is 3.27. The summed E-state index contributed by atoms with van der Waals surface area (Å²) >= 11 is 7.93. The Hall–Kier alpha value is -2.44. The summed E-state index contributed by atoms with van der Waals surface area (Å²) in [5.41, 5.74) is 4.57. The van der Waals surface area contributed by atoms with Crippen LogP contribution >= 0.6 is 23.4 Å². The standard InChI is InChI=1S/C21H20ClN3O2S/c1-13-9-17(10-14(2)20(13)22)27-12-19(26)23-16-5-3-15(4-6-16)18-11-25-7-8-28-21(25)24-18/h3-6,9-11H,7-8,12H2,1-2H3,(H,23,26). The van der Waals surface area contributed by atoms with Crippen molar-refractivity contribution in [2.45, 2.75) is 25.5 Å². The molecular weight excluding hydrogens is 394 g/mol. The molecule has 4 rings (SSSR count). The molecule has 2 aromatic carbocycles. The number of benzene rings is 2. The first-order chi connectivity index (χ1) is 13.5. The van der Waals surface area contributed by atoms with Crippen molar-refractivity contribution in [2.24, 2.45) is 0 Å². The number of ether oxygens (including phenoxy) is 1. The highest BCUT2D eigenvalue weighted by atomic mass is 35.5. The Morgan fingerprint density at radius 1 is 1.25 bits per heavy atom. The Labute approximate surface area is 173 Å². The third-order valence-electron chi connectivity index (χ3n) is 4.55. The second kappa shape index (κ2) is 7.89. The molecule has 0 atom stereocenters. The first kappa shape index (κ1) is 18.9. The van der Waals surface area contributed by atoms with Gasteiger partial charge in [0.1, 0.15) is 5.75 Å². The predicted octanol–water partition coefficient (Wildman–Crippen LogP) is 4.94. The topological polar surface area (TPSA) is 56.1 Å². The molecule has 0 radical (unpaired) electrons. The Morgan fingerprint density at radius 2 is 1.96 bits per heavy atom. The van der Waals surface area contributed by atoms with Crippen molar-refractivity contribution in [2.75, 3.05) is 17.7 Å². The summed E-state index contributed by atoms with van der Waals surface area (Å²) in [6.45, 7) is 4.77. The van der Waals surface area contributed by atoms with Crippen LogP contribution in [0.2, 0.25) is 5.02 Å². The number of rotatable bonds is 5. The number of imidazole rings is 1. The highest BCUT2D eigenvalue weighted by Gasteiger charge is 2.15. The number of hydrogen-bond acceptors (Lipinski definition) is 4. The quantitative estimate of drug-likeness (QED) is 0.643. The Bertz CT molecular complexity index is 986. The number of carbonyl (C=O) groups is 1. The summed E-state index contributed by atoms with van der Waals surface area (Å²) < 4.78 is 7.77. The molecule has 1 N–H and O–H groups in total. The molecule has 0 fully saturated rings. The van der Waals surface area contributed by atoms with Crippen LogP contribution in [0, 0.1) is 13.8 Å². The van der Waals surface area contributed by atoms with E-state index in [1.54, 1.807) is 11.8 Å². The van der Waals surface area contributed by atoms with E-state index in [1.165, 1.54) is 0 Å². The molecule has 0 bridgehead atoms. The average molecular weight is 414 g/mol. The minimum absolute atomic E-state index is 0.0622. The van der Waals surface area contributed by atoms with Crippen LogP contribution in [-0.4, -0.2) is 27.8 Å². The van der Waals surface area contributed by atoms with Crippen LogP contribution in [0.15, 0.2) is 47.8 Å². The number of aryl methyl sites for hydroxylation is 3. The summed E-state index contributed by atoms with van der Waals surface area (Å²) in [5.74, 6) is 1.51. The number of hydrogen-bond donors (Lipinski definition) is 1. The first-order valence-corrected chi connectivity index (χ1v) is 10.4. The molecule has 0 unspecified atom stereocenters. The van der Waals surface area contributed by atoms with E-state index in [-0.39, 0.29) is 12.5 Å². The molecule has 144 valence electrons. The van der Waals surface area contributed by atoms with Crippen molar-refractivity contribution in [3.63, 3.8) is 0 Å². The molecule has 5 nitrogen and oxygen atoms in total. The largest absolute Gasteiger partial charge is 0.484 e. The van der Waals surface area contributed by atoms with Gasteiger partial charge in [-0.3, -0.25) is 4.79 Å². The van der Waals surface area contributed by atoms with Crippen LogP contribution in [0.1, 0.15) is 11.1 Å². The monoisotopic (exact) mass is 413 g/mol. The van der Waals surface area contributed by atoms with Crippen molar-refractivity contribution in [3.8, 4) is 17.0 Å². The summed E-state index contributed by atoms with van der Waals surface area (Å²) in [7, 11) is 0. The van der Waals surface area contributed by atoms with Gasteiger partial charge in [0.15, 0.2) is 11.8 Å². The SMILES string of the molecule is Cc1cc(OCC(=O)Nc2ccc(-c3cn4c(n3)SCC4)cc2)cc(C)c1Cl. The molecule has 1 amide bonds. The van der Waals surface area contributed by atoms with Crippen LogP contribution in [0.5, 0.6) is 5.75 Å². The minimum atomic E-state index is -0.213. The van der Waals surface area contributed by atoms with E-state index < -0.39 is 0 Å². The number of halogens is 1. The van der Waals surface area contributed by atoms with Gasteiger partial charge in [0, 0.05) is 34.8 Å². The zero-order valence-electron chi connectivity index (χ0n) is 15.7. The molecule has 0 spiro atoms. The second-order valence-electron chi connectivity index (χ2n) is 6.74. The van der Waals surface area contributed by atoms with Crippen molar-refractivity contribution >= 4 is 35.0 Å². The van der Waals surface area contributed by atoms with Gasteiger partial charge < -0.3 is 14.6 Å². The fraction of sp³-hybridized carbons (Fsp3) is 0.238. The fourth-order valence-corrected chi connectivity index (χ4v) is 4.16.